The average Bonchev–Trinajstić information content (AvgIpc) is 3.00. The molecule has 23 heavy (non-hydrogen) atoms. The largest absolute Gasteiger partial charge is 0.487 e. The molecular formula is C16H19N3O4. The Hall–Kier alpha value is -2.67. The number of aromatic nitrogens is 2. The van der Waals surface area contributed by atoms with Crippen molar-refractivity contribution in [1.82, 2.24) is 15.5 Å². The van der Waals surface area contributed by atoms with Crippen LogP contribution in [0, 0.1) is 0 Å². The minimum absolute atomic E-state index is 0.0333. The molecular weight excluding hydrogens is 298 g/mol. The molecule has 0 aliphatic carbocycles. The molecule has 2 rings (SSSR count). The maximum Gasteiger partial charge on any atom is 0.271 e. The Kier molecular flexibility index (Phi) is 5.48. The van der Waals surface area contributed by atoms with Crippen molar-refractivity contribution >= 4 is 11.7 Å². The van der Waals surface area contributed by atoms with Gasteiger partial charge < -0.3 is 15.2 Å². The van der Waals surface area contributed by atoms with Crippen LogP contribution in [0.3, 0.4) is 0 Å². The van der Waals surface area contributed by atoms with E-state index in [0.717, 1.165) is 0 Å². The number of amides is 1. The number of ether oxygens (including phenoxy) is 1. The summed E-state index contributed by atoms with van der Waals surface area (Å²) in [7, 11) is 0. The third-order valence-corrected chi connectivity index (χ3v) is 3.06. The van der Waals surface area contributed by atoms with Gasteiger partial charge in [0, 0.05) is 12.1 Å². The summed E-state index contributed by atoms with van der Waals surface area (Å²) in [5.41, 5.74) is 1.42. The summed E-state index contributed by atoms with van der Waals surface area (Å²) in [6.45, 7) is 3.43. The van der Waals surface area contributed by atoms with Crippen LogP contribution in [0.2, 0.25) is 0 Å². The van der Waals surface area contributed by atoms with Crippen LogP contribution in [0.5, 0.6) is 5.75 Å². The van der Waals surface area contributed by atoms with Crippen LogP contribution in [-0.2, 0) is 6.61 Å². The number of hydrogen-bond donors (Lipinski definition) is 3. The highest BCUT2D eigenvalue weighted by atomic mass is 16.5. The number of ketones is 1. The van der Waals surface area contributed by atoms with Crippen molar-refractivity contribution < 1.29 is 19.4 Å². The smallest absolute Gasteiger partial charge is 0.271 e. The number of carbonyl (C=O) groups is 2. The molecule has 7 heteroatoms. The maximum absolute atomic E-state index is 11.8. The van der Waals surface area contributed by atoms with E-state index in [0.29, 0.717) is 17.0 Å². The highest BCUT2D eigenvalue weighted by Gasteiger charge is 2.11. The Morgan fingerprint density at radius 3 is 2.87 bits per heavy atom. The van der Waals surface area contributed by atoms with E-state index in [4.69, 9.17) is 9.84 Å². The number of nitrogens with zero attached hydrogens (tertiary/aromatic N) is 1. The van der Waals surface area contributed by atoms with E-state index in [2.05, 4.69) is 15.5 Å². The van der Waals surface area contributed by atoms with Gasteiger partial charge in [-0.15, -0.1) is 0 Å². The van der Waals surface area contributed by atoms with Gasteiger partial charge in [-0.3, -0.25) is 14.7 Å². The lowest BCUT2D eigenvalue weighted by Gasteiger charge is -2.05. The predicted octanol–water partition coefficient (Wildman–Crippen LogP) is 1.30. The van der Waals surface area contributed by atoms with Crippen molar-refractivity contribution in [3.63, 3.8) is 0 Å². The van der Waals surface area contributed by atoms with E-state index in [9.17, 15) is 9.59 Å². The van der Waals surface area contributed by atoms with Crippen molar-refractivity contribution in [3.8, 4) is 5.75 Å². The number of Topliss-reactive ketones (excluding diaryl/α,β-unsaturated/α-hetero) is 1. The first-order valence-electron chi connectivity index (χ1n) is 7.20. The van der Waals surface area contributed by atoms with Crippen molar-refractivity contribution in [2.45, 2.75) is 26.6 Å². The highest BCUT2D eigenvalue weighted by Crippen LogP contribution is 2.15. The zero-order valence-electron chi connectivity index (χ0n) is 13.0. The summed E-state index contributed by atoms with van der Waals surface area (Å²) < 4.78 is 5.58. The Morgan fingerprint density at radius 1 is 1.39 bits per heavy atom. The zero-order chi connectivity index (χ0) is 16.8. The number of aliphatic hydroxyl groups is 1. The number of H-pyrrole nitrogens is 1. The molecule has 1 amide bonds. The van der Waals surface area contributed by atoms with Gasteiger partial charge >= 0.3 is 0 Å². The summed E-state index contributed by atoms with van der Waals surface area (Å²) in [5.74, 6) is 0.161. The van der Waals surface area contributed by atoms with Crippen LogP contribution in [-0.4, -0.2) is 39.6 Å². The summed E-state index contributed by atoms with van der Waals surface area (Å²) in [6, 6.07) is 8.45. The molecule has 0 saturated carbocycles. The number of aromatic amines is 1. The van der Waals surface area contributed by atoms with Crippen molar-refractivity contribution in [1.29, 1.82) is 0 Å². The highest BCUT2D eigenvalue weighted by molar-refractivity contribution is 5.94. The van der Waals surface area contributed by atoms with Gasteiger partial charge in [0.15, 0.2) is 5.78 Å². The molecule has 0 fully saturated rings. The second-order valence-corrected chi connectivity index (χ2v) is 5.21. The Bertz CT molecular complexity index is 694. The summed E-state index contributed by atoms with van der Waals surface area (Å²) >= 11 is 0. The molecule has 3 N–H and O–H groups in total. The molecule has 0 radical (unpaired) electrons. The third-order valence-electron chi connectivity index (χ3n) is 3.06. The summed E-state index contributed by atoms with van der Waals surface area (Å²) in [6.07, 6.45) is -0.616. The van der Waals surface area contributed by atoms with E-state index in [1.807, 2.05) is 0 Å². The lowest BCUT2D eigenvalue weighted by molar-refractivity contribution is 0.0918. The maximum atomic E-state index is 11.8. The molecule has 1 heterocycles. The fourth-order valence-corrected chi connectivity index (χ4v) is 1.85. The lowest BCUT2D eigenvalue weighted by Crippen LogP contribution is -2.30. The number of hydrogen-bond acceptors (Lipinski definition) is 5. The van der Waals surface area contributed by atoms with Gasteiger partial charge in [-0.1, -0.05) is 12.1 Å². The normalized spacial score (nSPS) is 11.8. The number of rotatable bonds is 7. The van der Waals surface area contributed by atoms with Crippen LogP contribution >= 0.6 is 0 Å². The molecule has 0 saturated heterocycles. The number of benzene rings is 1. The first-order chi connectivity index (χ1) is 11.0. The first-order valence-corrected chi connectivity index (χ1v) is 7.20. The van der Waals surface area contributed by atoms with E-state index in [1.165, 1.54) is 6.92 Å². The van der Waals surface area contributed by atoms with Crippen LogP contribution < -0.4 is 10.1 Å². The van der Waals surface area contributed by atoms with Crippen molar-refractivity contribution in [2.24, 2.45) is 0 Å². The number of nitrogens with one attached hydrogen (secondary N) is 2. The van der Waals surface area contributed by atoms with Gasteiger partial charge in [0.1, 0.15) is 18.1 Å². The Morgan fingerprint density at radius 2 is 2.17 bits per heavy atom. The molecule has 0 bridgehead atoms. The van der Waals surface area contributed by atoms with Gasteiger partial charge in [-0.25, -0.2) is 0 Å². The van der Waals surface area contributed by atoms with E-state index in [-0.39, 0.29) is 30.5 Å². The topological polar surface area (TPSA) is 104 Å². The number of carbonyl (C=O) groups excluding carboxylic acids is 2. The molecule has 1 aromatic heterocycles. The van der Waals surface area contributed by atoms with Gasteiger partial charge in [0.2, 0.25) is 0 Å². The van der Waals surface area contributed by atoms with Gasteiger partial charge in [-0.05, 0) is 32.0 Å². The zero-order valence-corrected chi connectivity index (χ0v) is 13.0. The third kappa shape index (κ3) is 4.93. The minimum atomic E-state index is -0.616. The lowest BCUT2D eigenvalue weighted by atomic mass is 10.1. The monoisotopic (exact) mass is 317 g/mol. The van der Waals surface area contributed by atoms with Crippen LogP contribution in [0.15, 0.2) is 30.3 Å². The standard InChI is InChI=1S/C16H19N3O4/c1-10(20)8-17-16(22)15-7-13(18-19-15)9-23-14-5-3-4-12(6-14)11(2)21/h3-7,10,20H,8-9H2,1-2H3,(H,17,22)(H,18,19). The van der Waals surface area contributed by atoms with E-state index >= 15 is 0 Å². The molecule has 0 spiro atoms. The SMILES string of the molecule is CC(=O)c1cccc(OCc2cc(C(=O)NCC(C)O)n[nH]2)c1. The molecule has 122 valence electrons. The predicted molar refractivity (Wildman–Crippen MR) is 83.4 cm³/mol. The van der Waals surface area contributed by atoms with Crippen molar-refractivity contribution in [2.75, 3.05) is 6.54 Å². The molecule has 1 unspecified atom stereocenters. The quantitative estimate of drug-likeness (QED) is 0.668. The minimum Gasteiger partial charge on any atom is -0.487 e. The van der Waals surface area contributed by atoms with E-state index in [1.54, 1.807) is 37.3 Å². The fourth-order valence-electron chi connectivity index (χ4n) is 1.85. The molecule has 1 atom stereocenters. The van der Waals surface area contributed by atoms with E-state index < -0.39 is 6.10 Å². The van der Waals surface area contributed by atoms with Crippen LogP contribution in [0.1, 0.15) is 40.4 Å². The van der Waals surface area contributed by atoms with Crippen LogP contribution in [0.25, 0.3) is 0 Å². The second-order valence-electron chi connectivity index (χ2n) is 5.21. The average molecular weight is 317 g/mol. The van der Waals surface area contributed by atoms with Gasteiger partial charge in [0.25, 0.3) is 5.91 Å². The molecule has 0 aliphatic heterocycles. The van der Waals surface area contributed by atoms with Crippen molar-refractivity contribution in [3.05, 3.63) is 47.3 Å². The second kappa shape index (κ2) is 7.55. The molecule has 0 aliphatic rings. The Balaban J connectivity index is 1.93. The summed E-state index contributed by atoms with van der Waals surface area (Å²) in [4.78, 5) is 23.1. The molecule has 2 aromatic rings. The van der Waals surface area contributed by atoms with Crippen LogP contribution in [0.4, 0.5) is 0 Å². The van der Waals surface area contributed by atoms with Gasteiger partial charge in [0.05, 0.1) is 11.8 Å². The summed E-state index contributed by atoms with van der Waals surface area (Å²) in [5, 5.41) is 18.3. The number of aliphatic hydroxyl groups excluding tert-OH is 1. The Labute approximate surface area is 133 Å². The first kappa shape index (κ1) is 16.7. The molecule has 1 aromatic carbocycles. The van der Waals surface area contributed by atoms with Gasteiger partial charge in [-0.2, -0.15) is 5.10 Å². The fraction of sp³-hybridized carbons (Fsp3) is 0.312. The molecule has 7 nitrogen and oxygen atoms in total.